The van der Waals surface area contributed by atoms with Crippen molar-refractivity contribution in [1.29, 1.82) is 0 Å². The predicted octanol–water partition coefficient (Wildman–Crippen LogP) is 4.69. The van der Waals surface area contributed by atoms with Crippen molar-refractivity contribution < 1.29 is 9.53 Å². The molecule has 0 saturated carbocycles. The second kappa shape index (κ2) is 9.09. The minimum atomic E-state index is 0.0521. The molecular weight excluding hydrogens is 362 g/mol. The van der Waals surface area contributed by atoms with E-state index >= 15 is 0 Å². The predicted molar refractivity (Wildman–Crippen MR) is 110 cm³/mol. The molecule has 0 spiro atoms. The largest absolute Gasteiger partial charge is 0.497 e. The second-order valence-corrected chi connectivity index (χ2v) is 7.44. The summed E-state index contributed by atoms with van der Waals surface area (Å²) in [5.41, 5.74) is 1.84. The number of amides is 1. The number of piperidine rings is 1. The molecule has 6 heteroatoms. The van der Waals surface area contributed by atoms with Crippen LogP contribution < -0.4 is 15.0 Å². The molecule has 2 heterocycles. The molecule has 1 aromatic heterocycles. The van der Waals surface area contributed by atoms with E-state index in [1.54, 1.807) is 13.3 Å². The zero-order chi connectivity index (χ0) is 19.2. The molecule has 1 amide bonds. The Morgan fingerprint density at radius 1 is 1.41 bits per heavy atom. The molecule has 1 saturated heterocycles. The Labute approximate surface area is 165 Å². The molecule has 0 radical (unpaired) electrons. The van der Waals surface area contributed by atoms with Crippen LogP contribution in [-0.2, 0) is 4.79 Å². The van der Waals surface area contributed by atoms with Gasteiger partial charge in [0.2, 0.25) is 5.91 Å². The van der Waals surface area contributed by atoms with E-state index < -0.39 is 0 Å². The van der Waals surface area contributed by atoms with Crippen LogP contribution in [0.1, 0.15) is 31.2 Å². The molecule has 1 aromatic carbocycles. The summed E-state index contributed by atoms with van der Waals surface area (Å²) in [7, 11) is 1.64. The van der Waals surface area contributed by atoms with Crippen molar-refractivity contribution in [2.45, 2.75) is 32.6 Å². The van der Waals surface area contributed by atoms with E-state index in [1.165, 1.54) is 0 Å². The number of nitrogens with one attached hydrogen (secondary N) is 1. The van der Waals surface area contributed by atoms with Crippen LogP contribution in [0.4, 0.5) is 11.5 Å². The van der Waals surface area contributed by atoms with E-state index in [0.717, 1.165) is 55.2 Å². The molecule has 144 valence electrons. The van der Waals surface area contributed by atoms with Crippen LogP contribution in [0.3, 0.4) is 0 Å². The summed E-state index contributed by atoms with van der Waals surface area (Å²) < 4.78 is 5.20. The van der Waals surface area contributed by atoms with E-state index in [4.69, 9.17) is 16.3 Å². The number of ether oxygens (including phenoxy) is 1. The smallest absolute Gasteiger partial charge is 0.224 e. The molecule has 0 bridgehead atoms. The van der Waals surface area contributed by atoms with Crippen molar-refractivity contribution in [2.24, 2.45) is 5.92 Å². The molecule has 1 aliphatic rings. The fourth-order valence-corrected chi connectivity index (χ4v) is 3.80. The highest BCUT2D eigenvalue weighted by Crippen LogP contribution is 2.29. The maximum absolute atomic E-state index is 12.4. The van der Waals surface area contributed by atoms with Crippen molar-refractivity contribution in [1.82, 2.24) is 4.98 Å². The number of aromatic nitrogens is 1. The number of halogens is 1. The van der Waals surface area contributed by atoms with Crippen LogP contribution in [0.15, 0.2) is 36.5 Å². The van der Waals surface area contributed by atoms with Crippen LogP contribution in [0.2, 0.25) is 5.02 Å². The maximum Gasteiger partial charge on any atom is 0.224 e. The number of carbonyl (C=O) groups excluding carboxylic acids is 1. The normalized spacial score (nSPS) is 16.9. The molecule has 2 aromatic rings. The molecule has 1 atom stereocenters. The summed E-state index contributed by atoms with van der Waals surface area (Å²) in [6.45, 7) is 3.82. The highest BCUT2D eigenvalue weighted by Gasteiger charge is 2.23. The Bertz CT molecular complexity index is 797. The number of nitrogens with zero attached hydrogens (tertiary/aromatic N) is 2. The third-order valence-corrected chi connectivity index (χ3v) is 5.34. The zero-order valence-corrected chi connectivity index (χ0v) is 16.6. The van der Waals surface area contributed by atoms with Crippen LogP contribution in [0, 0.1) is 12.8 Å². The van der Waals surface area contributed by atoms with E-state index in [0.29, 0.717) is 17.4 Å². The van der Waals surface area contributed by atoms with Crippen molar-refractivity contribution >= 4 is 29.0 Å². The Kier molecular flexibility index (Phi) is 6.56. The van der Waals surface area contributed by atoms with Gasteiger partial charge in [0.05, 0.1) is 12.1 Å². The summed E-state index contributed by atoms with van der Waals surface area (Å²) >= 11 is 6.28. The Morgan fingerprint density at radius 2 is 2.26 bits per heavy atom. The van der Waals surface area contributed by atoms with E-state index in [2.05, 4.69) is 15.2 Å². The lowest BCUT2D eigenvalue weighted by Gasteiger charge is -2.34. The van der Waals surface area contributed by atoms with Crippen molar-refractivity contribution in [3.8, 4) is 5.75 Å². The zero-order valence-electron chi connectivity index (χ0n) is 15.9. The molecule has 3 rings (SSSR count). The average Bonchev–Trinajstić information content (AvgIpc) is 2.68. The Morgan fingerprint density at radius 3 is 3.00 bits per heavy atom. The quantitative estimate of drug-likeness (QED) is 0.781. The molecule has 5 nitrogen and oxygen atoms in total. The third kappa shape index (κ3) is 5.13. The van der Waals surface area contributed by atoms with Gasteiger partial charge >= 0.3 is 0 Å². The number of hydrogen-bond donors (Lipinski definition) is 1. The number of anilines is 2. The number of hydrogen-bond acceptors (Lipinski definition) is 4. The summed E-state index contributed by atoms with van der Waals surface area (Å²) in [5, 5.41) is 3.70. The van der Waals surface area contributed by atoms with Gasteiger partial charge in [-0.15, -0.1) is 0 Å². The summed E-state index contributed by atoms with van der Waals surface area (Å²) in [6, 6.07) is 9.39. The molecule has 27 heavy (non-hydrogen) atoms. The fourth-order valence-electron chi connectivity index (χ4n) is 3.55. The summed E-state index contributed by atoms with van der Waals surface area (Å²) in [6.07, 6.45) is 5.38. The lowest BCUT2D eigenvalue weighted by Crippen LogP contribution is -2.36. The first-order valence-electron chi connectivity index (χ1n) is 9.37. The van der Waals surface area contributed by atoms with Crippen molar-refractivity contribution in [3.05, 3.63) is 47.1 Å². The van der Waals surface area contributed by atoms with Gasteiger partial charge in [-0.25, -0.2) is 4.98 Å². The number of methoxy groups -OCH3 is 1. The van der Waals surface area contributed by atoms with Crippen LogP contribution in [0.25, 0.3) is 0 Å². The third-order valence-electron chi connectivity index (χ3n) is 5.04. The van der Waals surface area contributed by atoms with E-state index in [-0.39, 0.29) is 5.91 Å². The monoisotopic (exact) mass is 387 g/mol. The molecule has 0 unspecified atom stereocenters. The minimum absolute atomic E-state index is 0.0521. The lowest BCUT2D eigenvalue weighted by atomic mass is 9.93. The lowest BCUT2D eigenvalue weighted by molar-refractivity contribution is -0.116. The van der Waals surface area contributed by atoms with Crippen molar-refractivity contribution in [3.63, 3.8) is 0 Å². The first kappa shape index (κ1) is 19.5. The Hall–Kier alpha value is -2.27. The first-order chi connectivity index (χ1) is 13.1. The first-order valence-corrected chi connectivity index (χ1v) is 9.74. The fraction of sp³-hybridized carbons (Fsp3) is 0.429. The molecule has 1 aliphatic heterocycles. The standard InChI is InChI=1S/C21H26ClN3O2/c1-15-13-17(27-2)8-9-19(15)24-20(26)10-7-16-5-4-12-25(14-16)21-18(22)6-3-11-23-21/h3,6,8-9,11,13,16H,4-5,7,10,12,14H2,1-2H3,(H,24,26)/t16-/m0/s1. The summed E-state index contributed by atoms with van der Waals surface area (Å²) in [5.74, 6) is 2.17. The van der Waals surface area contributed by atoms with Gasteiger partial charge in [0.25, 0.3) is 0 Å². The van der Waals surface area contributed by atoms with Gasteiger partial charge in [0, 0.05) is 31.4 Å². The van der Waals surface area contributed by atoms with Gasteiger partial charge in [-0.2, -0.15) is 0 Å². The number of benzene rings is 1. The van der Waals surface area contributed by atoms with Crippen LogP contribution in [-0.4, -0.2) is 31.1 Å². The van der Waals surface area contributed by atoms with Crippen molar-refractivity contribution in [2.75, 3.05) is 30.4 Å². The van der Waals surface area contributed by atoms with Gasteiger partial charge in [-0.1, -0.05) is 11.6 Å². The van der Waals surface area contributed by atoms with Gasteiger partial charge in [-0.3, -0.25) is 4.79 Å². The van der Waals surface area contributed by atoms with Gasteiger partial charge < -0.3 is 15.0 Å². The minimum Gasteiger partial charge on any atom is -0.497 e. The van der Waals surface area contributed by atoms with Gasteiger partial charge in [0.1, 0.15) is 11.6 Å². The average molecular weight is 388 g/mol. The molecule has 1 N–H and O–H groups in total. The number of carbonyl (C=O) groups is 1. The second-order valence-electron chi connectivity index (χ2n) is 7.03. The molecular formula is C21H26ClN3O2. The van der Waals surface area contributed by atoms with Crippen LogP contribution >= 0.6 is 11.6 Å². The number of rotatable bonds is 6. The number of aryl methyl sites for hydroxylation is 1. The number of pyridine rings is 1. The summed E-state index contributed by atoms with van der Waals surface area (Å²) in [4.78, 5) is 19.0. The topological polar surface area (TPSA) is 54.5 Å². The van der Waals surface area contributed by atoms with Gasteiger partial charge in [0.15, 0.2) is 0 Å². The van der Waals surface area contributed by atoms with E-state index in [1.807, 2.05) is 37.3 Å². The van der Waals surface area contributed by atoms with Gasteiger partial charge in [-0.05, 0) is 68.0 Å². The van der Waals surface area contributed by atoms with E-state index in [9.17, 15) is 4.79 Å². The molecule has 0 aliphatic carbocycles. The molecule has 1 fully saturated rings. The SMILES string of the molecule is COc1ccc(NC(=O)CC[C@@H]2CCCN(c3ncccc3Cl)C2)c(C)c1. The maximum atomic E-state index is 12.4. The highest BCUT2D eigenvalue weighted by atomic mass is 35.5. The highest BCUT2D eigenvalue weighted by molar-refractivity contribution is 6.32. The van der Waals surface area contributed by atoms with Crippen LogP contribution in [0.5, 0.6) is 5.75 Å². The Balaban J connectivity index is 1.52.